The third-order valence-electron chi connectivity index (χ3n) is 4.31. The van der Waals surface area contributed by atoms with Crippen LogP contribution in [0.3, 0.4) is 0 Å². The van der Waals surface area contributed by atoms with E-state index < -0.39 is 0 Å². The van der Waals surface area contributed by atoms with Crippen LogP contribution in [-0.2, 0) is 16.1 Å². The Bertz CT molecular complexity index is 765. The Kier molecular flexibility index (Phi) is 8.28. The number of likely N-dealkylation sites (N-methyl/N-ethyl adjacent to an activating group) is 2. The summed E-state index contributed by atoms with van der Waals surface area (Å²) in [4.78, 5) is 29.9. The minimum atomic E-state index is -0.225. The van der Waals surface area contributed by atoms with Crippen molar-refractivity contribution in [1.82, 2.24) is 9.80 Å². The summed E-state index contributed by atoms with van der Waals surface area (Å²) in [6.07, 6.45) is 0. The van der Waals surface area contributed by atoms with Crippen LogP contribution in [0.5, 0.6) is 0 Å². The normalized spacial score (nSPS) is 10.9. The first-order chi connectivity index (χ1) is 12.9. The third kappa shape index (κ3) is 6.65. The average molecular weight is 408 g/mol. The van der Waals surface area contributed by atoms with Crippen molar-refractivity contribution < 1.29 is 9.59 Å². The molecule has 0 spiro atoms. The van der Waals surface area contributed by atoms with Crippen LogP contribution < -0.4 is 5.32 Å². The molecule has 27 heavy (non-hydrogen) atoms. The molecule has 5 nitrogen and oxygen atoms in total. The second kappa shape index (κ2) is 10.4. The first-order valence-corrected chi connectivity index (χ1v) is 10.3. The van der Waals surface area contributed by atoms with Crippen molar-refractivity contribution in [2.75, 3.05) is 31.5 Å². The van der Waals surface area contributed by atoms with E-state index in [2.05, 4.69) is 16.3 Å². The Morgan fingerprint density at radius 1 is 1.15 bits per heavy atom. The van der Waals surface area contributed by atoms with Crippen molar-refractivity contribution in [3.63, 3.8) is 0 Å². The lowest BCUT2D eigenvalue weighted by atomic mass is 10.2. The van der Waals surface area contributed by atoms with Gasteiger partial charge in [-0.1, -0.05) is 30.7 Å². The van der Waals surface area contributed by atoms with Crippen LogP contribution in [0.2, 0.25) is 5.02 Å². The lowest BCUT2D eigenvalue weighted by Crippen LogP contribution is -2.43. The maximum absolute atomic E-state index is 12.7. The van der Waals surface area contributed by atoms with Crippen molar-refractivity contribution >= 4 is 40.4 Å². The van der Waals surface area contributed by atoms with Crippen molar-refractivity contribution in [2.24, 2.45) is 0 Å². The Morgan fingerprint density at radius 2 is 1.93 bits per heavy atom. The molecule has 0 unspecified atom stereocenters. The summed E-state index contributed by atoms with van der Waals surface area (Å²) >= 11 is 7.68. The van der Waals surface area contributed by atoms with Gasteiger partial charge in [-0.15, -0.1) is 11.3 Å². The fraction of sp³-hybridized carbons (Fsp3) is 0.400. The molecule has 0 aliphatic heterocycles. The van der Waals surface area contributed by atoms with E-state index >= 15 is 0 Å². The van der Waals surface area contributed by atoms with Crippen LogP contribution in [0, 0.1) is 6.92 Å². The predicted molar refractivity (Wildman–Crippen MR) is 112 cm³/mol. The summed E-state index contributed by atoms with van der Waals surface area (Å²) in [5, 5.41) is 5.44. The summed E-state index contributed by atoms with van der Waals surface area (Å²) in [7, 11) is 0. The molecular formula is C20H26ClN3O2S. The molecule has 2 aromatic rings. The molecule has 0 saturated heterocycles. The molecule has 1 heterocycles. The number of nitrogens with one attached hydrogen (secondary N) is 1. The molecule has 1 aromatic carbocycles. The van der Waals surface area contributed by atoms with E-state index in [9.17, 15) is 9.59 Å². The van der Waals surface area contributed by atoms with Gasteiger partial charge in [0.15, 0.2) is 0 Å². The second-order valence-corrected chi connectivity index (χ2v) is 7.77. The highest BCUT2D eigenvalue weighted by molar-refractivity contribution is 7.09. The van der Waals surface area contributed by atoms with E-state index in [1.807, 2.05) is 38.3 Å². The van der Waals surface area contributed by atoms with Crippen LogP contribution in [0.15, 0.2) is 35.7 Å². The van der Waals surface area contributed by atoms with Crippen LogP contribution >= 0.6 is 22.9 Å². The van der Waals surface area contributed by atoms with Crippen molar-refractivity contribution in [2.45, 2.75) is 27.3 Å². The molecule has 2 rings (SSSR count). The number of rotatable bonds is 9. The maximum atomic E-state index is 12.7. The molecule has 1 N–H and O–H groups in total. The average Bonchev–Trinajstić information content (AvgIpc) is 3.15. The fourth-order valence-corrected chi connectivity index (χ4v) is 3.58. The van der Waals surface area contributed by atoms with Crippen molar-refractivity contribution in [3.8, 4) is 0 Å². The molecule has 0 aliphatic rings. The molecule has 1 aromatic heterocycles. The molecule has 0 saturated carbocycles. The van der Waals surface area contributed by atoms with E-state index in [1.54, 1.807) is 28.4 Å². The van der Waals surface area contributed by atoms with E-state index in [0.717, 1.165) is 18.7 Å². The lowest BCUT2D eigenvalue weighted by molar-refractivity contribution is -0.135. The second-order valence-electron chi connectivity index (χ2n) is 6.30. The van der Waals surface area contributed by atoms with Gasteiger partial charge in [-0.2, -0.15) is 0 Å². The number of aryl methyl sites for hydroxylation is 1. The van der Waals surface area contributed by atoms with Gasteiger partial charge in [0.1, 0.15) is 0 Å². The highest BCUT2D eigenvalue weighted by atomic mass is 35.5. The maximum Gasteiger partial charge on any atom is 0.244 e. The number of anilines is 1. The number of benzene rings is 1. The molecule has 0 radical (unpaired) electrons. The van der Waals surface area contributed by atoms with Gasteiger partial charge in [0.2, 0.25) is 11.8 Å². The van der Waals surface area contributed by atoms with E-state index in [1.165, 1.54) is 4.88 Å². The molecule has 0 fully saturated rings. The minimum Gasteiger partial charge on any atom is -0.333 e. The first-order valence-electron chi connectivity index (χ1n) is 9.01. The largest absolute Gasteiger partial charge is 0.333 e. The minimum absolute atomic E-state index is 0.0256. The van der Waals surface area contributed by atoms with Gasteiger partial charge >= 0.3 is 0 Å². The van der Waals surface area contributed by atoms with Crippen LogP contribution in [-0.4, -0.2) is 47.8 Å². The van der Waals surface area contributed by atoms with Gasteiger partial charge in [-0.05, 0) is 49.5 Å². The number of halogens is 1. The molecule has 0 aliphatic carbocycles. The van der Waals surface area contributed by atoms with Gasteiger partial charge in [0, 0.05) is 28.7 Å². The summed E-state index contributed by atoms with van der Waals surface area (Å²) < 4.78 is 0. The van der Waals surface area contributed by atoms with E-state index in [4.69, 9.17) is 11.6 Å². The summed E-state index contributed by atoms with van der Waals surface area (Å²) in [5.74, 6) is -0.272. The Hall–Kier alpha value is -1.89. The van der Waals surface area contributed by atoms with Crippen LogP contribution in [0.4, 0.5) is 5.69 Å². The zero-order valence-corrected chi connectivity index (χ0v) is 17.6. The lowest BCUT2D eigenvalue weighted by Gasteiger charge is -2.25. The number of nitrogens with zero attached hydrogens (tertiary/aromatic N) is 2. The van der Waals surface area contributed by atoms with Crippen LogP contribution in [0.25, 0.3) is 0 Å². The first kappa shape index (κ1) is 21.4. The van der Waals surface area contributed by atoms with Gasteiger partial charge in [-0.3, -0.25) is 14.5 Å². The molecule has 0 bridgehead atoms. The Labute approximate surface area is 169 Å². The summed E-state index contributed by atoms with van der Waals surface area (Å²) in [6.45, 7) is 8.14. The van der Waals surface area contributed by atoms with Gasteiger partial charge in [0.25, 0.3) is 0 Å². The molecule has 7 heteroatoms. The van der Waals surface area contributed by atoms with Gasteiger partial charge in [-0.25, -0.2) is 0 Å². The predicted octanol–water partition coefficient (Wildman–Crippen LogP) is 4.02. The van der Waals surface area contributed by atoms with Gasteiger partial charge < -0.3 is 10.2 Å². The monoisotopic (exact) mass is 407 g/mol. The van der Waals surface area contributed by atoms with Gasteiger partial charge in [0.05, 0.1) is 13.1 Å². The Morgan fingerprint density at radius 3 is 2.56 bits per heavy atom. The van der Waals surface area contributed by atoms with Crippen molar-refractivity contribution in [3.05, 3.63) is 51.2 Å². The smallest absolute Gasteiger partial charge is 0.244 e. The number of hydrogen-bond donors (Lipinski definition) is 1. The summed E-state index contributed by atoms with van der Waals surface area (Å²) in [5.41, 5.74) is 1.60. The number of hydrogen-bond acceptors (Lipinski definition) is 4. The van der Waals surface area contributed by atoms with Crippen LogP contribution in [0.1, 0.15) is 24.3 Å². The third-order valence-corrected chi connectivity index (χ3v) is 5.40. The highest BCUT2D eigenvalue weighted by Gasteiger charge is 2.19. The zero-order valence-electron chi connectivity index (χ0n) is 16.0. The van der Waals surface area contributed by atoms with Crippen molar-refractivity contribution in [1.29, 1.82) is 0 Å². The topological polar surface area (TPSA) is 52.7 Å². The quantitative estimate of drug-likeness (QED) is 0.683. The molecule has 2 amide bonds. The SMILES string of the molecule is CCN(CC(=O)N(CC)CC(=O)Nc1cc(Cl)ccc1C)Cc1cccs1. The number of carbonyl (C=O) groups is 2. The highest BCUT2D eigenvalue weighted by Crippen LogP contribution is 2.20. The number of thiophene rings is 1. The number of amides is 2. The molecule has 146 valence electrons. The fourth-order valence-electron chi connectivity index (χ4n) is 2.66. The Balaban J connectivity index is 1.93. The number of carbonyl (C=O) groups excluding carboxylic acids is 2. The molecule has 0 atom stereocenters. The standard InChI is InChI=1S/C20H26ClN3O2S/c1-4-23(12-17-7-6-10-27-17)14-20(26)24(5-2)13-19(25)22-18-11-16(21)9-8-15(18)3/h6-11H,4-5,12-14H2,1-3H3,(H,22,25). The zero-order chi connectivity index (χ0) is 19.8. The van der Waals surface area contributed by atoms with E-state index in [-0.39, 0.29) is 18.4 Å². The molecular weight excluding hydrogens is 382 g/mol. The summed E-state index contributed by atoms with van der Waals surface area (Å²) in [6, 6.07) is 9.42. The van der Waals surface area contributed by atoms with E-state index in [0.29, 0.717) is 23.8 Å².